The Hall–Kier alpha value is -3.95. The van der Waals surface area contributed by atoms with Gasteiger partial charge < -0.3 is 23.7 Å². The maximum absolute atomic E-state index is 13.7. The van der Waals surface area contributed by atoms with Gasteiger partial charge in [-0.15, -0.1) is 0 Å². The van der Waals surface area contributed by atoms with E-state index < -0.39 is 78.1 Å². The Morgan fingerprint density at radius 2 is 1.33 bits per heavy atom. The fraction of sp³-hybridized carbons (Fsp3) is 0.583. The number of esters is 5. The molecule has 4 aliphatic rings. The van der Waals surface area contributed by atoms with Gasteiger partial charge in [0.25, 0.3) is 0 Å². The summed E-state index contributed by atoms with van der Waals surface area (Å²) in [4.78, 5) is 62.5. The van der Waals surface area contributed by atoms with Crippen LogP contribution in [-0.2, 0) is 47.7 Å². The van der Waals surface area contributed by atoms with E-state index >= 15 is 0 Å². The van der Waals surface area contributed by atoms with Gasteiger partial charge in [0.2, 0.25) is 0 Å². The van der Waals surface area contributed by atoms with Gasteiger partial charge in [0.15, 0.2) is 0 Å². The quantitative estimate of drug-likeness (QED) is 0.167. The number of hydrogen-bond donors (Lipinski definition) is 0. The molecular weight excluding hydrogens is 592 g/mol. The molecular formula is C36H46O10. The summed E-state index contributed by atoms with van der Waals surface area (Å²) in [6.45, 7) is 15.7. The highest BCUT2D eigenvalue weighted by Gasteiger charge is 2.50. The van der Waals surface area contributed by atoms with Crippen molar-refractivity contribution in [2.75, 3.05) is 0 Å². The fourth-order valence-electron chi connectivity index (χ4n) is 7.12. The molecule has 2 fully saturated rings. The van der Waals surface area contributed by atoms with Crippen molar-refractivity contribution < 1.29 is 47.7 Å². The highest BCUT2D eigenvalue weighted by Crippen LogP contribution is 2.43. The summed E-state index contributed by atoms with van der Waals surface area (Å²) >= 11 is 0. The predicted octanol–water partition coefficient (Wildman–Crippen LogP) is 5.42. The van der Waals surface area contributed by atoms with Crippen LogP contribution in [0, 0.1) is 23.7 Å². The average Bonchev–Trinajstić information content (AvgIpc) is 3.39. The van der Waals surface area contributed by atoms with Crippen molar-refractivity contribution in [3.63, 3.8) is 0 Å². The van der Waals surface area contributed by atoms with Crippen molar-refractivity contribution in [2.24, 2.45) is 23.7 Å². The highest BCUT2D eigenvalue weighted by atomic mass is 16.6. The van der Waals surface area contributed by atoms with E-state index in [2.05, 4.69) is 6.58 Å². The molecule has 0 aromatic carbocycles. The van der Waals surface area contributed by atoms with Gasteiger partial charge >= 0.3 is 29.8 Å². The molecule has 0 spiro atoms. The first-order valence-corrected chi connectivity index (χ1v) is 16.0. The van der Waals surface area contributed by atoms with E-state index in [1.54, 1.807) is 0 Å². The molecule has 46 heavy (non-hydrogen) atoms. The Labute approximate surface area is 270 Å². The van der Waals surface area contributed by atoms with Crippen LogP contribution in [0.1, 0.15) is 80.6 Å². The molecule has 2 aliphatic heterocycles. The molecule has 0 radical (unpaired) electrons. The zero-order chi connectivity index (χ0) is 33.9. The number of hydrogen-bond acceptors (Lipinski definition) is 10. The number of ether oxygens (including phenoxy) is 5. The SMILES string of the molecule is C=C1C(=O)O[C@H]2/C=C(/C)[C@@H](C[C@H]3C(=O)O[C@H]4/C=C(/C)[C@@H](OC(C)=O)CC/C(C)=C\[C@@H](OC(C)=O)[C@@H]43)CC/C(C)=C\[C@@H](OC(C)=O)[C@H]12. The Balaban J connectivity index is 1.72. The third-order valence-electron chi connectivity index (χ3n) is 9.44. The summed E-state index contributed by atoms with van der Waals surface area (Å²) in [5.74, 6) is -4.11. The molecule has 2 aliphatic carbocycles. The van der Waals surface area contributed by atoms with Gasteiger partial charge in [-0.2, -0.15) is 0 Å². The third kappa shape index (κ3) is 8.25. The van der Waals surface area contributed by atoms with Crippen LogP contribution in [0.3, 0.4) is 0 Å². The molecule has 0 amide bonds. The Morgan fingerprint density at radius 1 is 0.761 bits per heavy atom. The maximum atomic E-state index is 13.7. The van der Waals surface area contributed by atoms with Crippen molar-refractivity contribution in [1.82, 2.24) is 0 Å². The molecule has 10 nitrogen and oxygen atoms in total. The molecule has 0 aromatic heterocycles. The largest absolute Gasteiger partial charge is 0.458 e. The number of fused-ring (bicyclic) bond motifs is 2. The highest BCUT2D eigenvalue weighted by molar-refractivity contribution is 5.91. The van der Waals surface area contributed by atoms with Crippen molar-refractivity contribution in [2.45, 2.75) is 111 Å². The van der Waals surface area contributed by atoms with E-state index in [1.165, 1.54) is 20.8 Å². The summed E-state index contributed by atoms with van der Waals surface area (Å²) < 4.78 is 28.8. The second kappa shape index (κ2) is 14.6. The maximum Gasteiger partial charge on any atom is 0.334 e. The molecule has 0 N–H and O–H groups in total. The first-order chi connectivity index (χ1) is 21.6. The predicted molar refractivity (Wildman–Crippen MR) is 168 cm³/mol. The lowest BCUT2D eigenvalue weighted by Crippen LogP contribution is -2.36. The molecule has 9 atom stereocenters. The molecule has 0 saturated carbocycles. The number of carbonyl (C=O) groups is 5. The molecule has 250 valence electrons. The van der Waals surface area contributed by atoms with Crippen molar-refractivity contribution >= 4 is 29.8 Å². The molecule has 10 heteroatoms. The number of rotatable bonds is 5. The van der Waals surface area contributed by atoms with Gasteiger partial charge in [-0.3, -0.25) is 19.2 Å². The molecule has 4 rings (SSSR count). The van der Waals surface area contributed by atoms with E-state index in [1.807, 2.05) is 52.0 Å². The van der Waals surface area contributed by atoms with E-state index in [0.29, 0.717) is 32.1 Å². The van der Waals surface area contributed by atoms with Gasteiger partial charge in [-0.25, -0.2) is 4.79 Å². The Bertz CT molecular complexity index is 1400. The van der Waals surface area contributed by atoms with E-state index in [0.717, 1.165) is 22.3 Å². The van der Waals surface area contributed by atoms with Crippen molar-refractivity contribution in [1.29, 1.82) is 0 Å². The lowest BCUT2D eigenvalue weighted by molar-refractivity contribution is -0.148. The number of allylic oxidation sites excluding steroid dienone is 3. The molecule has 0 aromatic rings. The minimum absolute atomic E-state index is 0.115. The zero-order valence-corrected chi connectivity index (χ0v) is 27.8. The lowest BCUT2D eigenvalue weighted by Gasteiger charge is -2.31. The van der Waals surface area contributed by atoms with Crippen LogP contribution in [0.5, 0.6) is 0 Å². The lowest BCUT2D eigenvalue weighted by atomic mass is 9.75. The number of carbonyl (C=O) groups excluding carboxylic acids is 5. The molecule has 0 unspecified atom stereocenters. The summed E-state index contributed by atoms with van der Waals surface area (Å²) in [7, 11) is 0. The topological polar surface area (TPSA) is 132 Å². The van der Waals surface area contributed by atoms with Gasteiger partial charge in [-0.05, 0) is 95.6 Å². The van der Waals surface area contributed by atoms with Crippen LogP contribution in [0.2, 0.25) is 0 Å². The second-order valence-electron chi connectivity index (χ2n) is 13.1. The van der Waals surface area contributed by atoms with Gasteiger partial charge in [-0.1, -0.05) is 23.3 Å². The van der Waals surface area contributed by atoms with E-state index in [4.69, 9.17) is 23.7 Å². The smallest absolute Gasteiger partial charge is 0.334 e. The van der Waals surface area contributed by atoms with Gasteiger partial charge in [0.1, 0.15) is 30.5 Å². The first kappa shape index (κ1) is 34.9. The average molecular weight is 639 g/mol. The zero-order valence-electron chi connectivity index (χ0n) is 27.8. The Kier molecular flexibility index (Phi) is 11.1. The minimum atomic E-state index is -0.716. The minimum Gasteiger partial charge on any atom is -0.458 e. The third-order valence-corrected chi connectivity index (χ3v) is 9.44. The van der Waals surface area contributed by atoms with Crippen LogP contribution < -0.4 is 0 Å². The van der Waals surface area contributed by atoms with Crippen LogP contribution in [0.4, 0.5) is 0 Å². The molecule has 2 saturated heterocycles. The fourth-order valence-corrected chi connectivity index (χ4v) is 7.12. The van der Waals surface area contributed by atoms with E-state index in [9.17, 15) is 24.0 Å². The van der Waals surface area contributed by atoms with Crippen LogP contribution >= 0.6 is 0 Å². The monoisotopic (exact) mass is 638 g/mol. The normalized spacial score (nSPS) is 38.0. The standard InChI is InChI=1S/C36H46O10/c1-18-9-11-26(20(3)15-31-33(22(5)35(40)45-31)29(13-18)43-24(7)38)17-27-34-30(44-25(8)39)14-19(2)10-12-28(42-23(6)37)21(4)16-32(34)46-36(27)41/h13-16,26-34H,5,9-12,17H2,1-4,6-8H3/b18-13-,19-14-,20-15-,21-16-/t26-,27-,28+,29-,30-,31+,32+,33+,34+/m1/s1. The second-order valence-corrected chi connectivity index (χ2v) is 13.1. The Morgan fingerprint density at radius 3 is 1.96 bits per heavy atom. The summed E-state index contributed by atoms with van der Waals surface area (Å²) in [6.07, 6.45) is 7.01. The van der Waals surface area contributed by atoms with E-state index in [-0.39, 0.29) is 11.5 Å². The molecule has 0 bridgehead atoms. The summed E-state index contributed by atoms with van der Waals surface area (Å²) in [5.41, 5.74) is 3.84. The van der Waals surface area contributed by atoms with Gasteiger partial charge in [0, 0.05) is 26.3 Å². The van der Waals surface area contributed by atoms with Crippen molar-refractivity contribution in [3.8, 4) is 0 Å². The summed E-state index contributed by atoms with van der Waals surface area (Å²) in [6, 6.07) is 0. The van der Waals surface area contributed by atoms with Crippen LogP contribution in [-0.4, -0.2) is 60.4 Å². The first-order valence-electron chi connectivity index (χ1n) is 16.0. The van der Waals surface area contributed by atoms with Crippen LogP contribution in [0.15, 0.2) is 58.7 Å². The van der Waals surface area contributed by atoms with Crippen molar-refractivity contribution in [3.05, 3.63) is 58.7 Å². The summed E-state index contributed by atoms with van der Waals surface area (Å²) in [5, 5.41) is 0. The van der Waals surface area contributed by atoms with Gasteiger partial charge in [0.05, 0.1) is 17.8 Å². The van der Waals surface area contributed by atoms with Crippen LogP contribution in [0.25, 0.3) is 0 Å². The molecule has 2 heterocycles.